The third-order valence-electron chi connectivity index (χ3n) is 6.95. The molecule has 9 nitrogen and oxygen atoms in total. The van der Waals surface area contributed by atoms with E-state index in [4.69, 9.17) is 9.47 Å². The summed E-state index contributed by atoms with van der Waals surface area (Å²) >= 11 is 0. The number of amidine groups is 1. The summed E-state index contributed by atoms with van der Waals surface area (Å²) in [5.74, 6) is 2.03. The molecule has 2 fully saturated rings. The highest BCUT2D eigenvalue weighted by molar-refractivity contribution is 7.90. The summed E-state index contributed by atoms with van der Waals surface area (Å²) in [6, 6.07) is 12.5. The normalized spacial score (nSPS) is 23.2. The first-order chi connectivity index (χ1) is 16.5. The fourth-order valence-corrected chi connectivity index (χ4v) is 6.42. The van der Waals surface area contributed by atoms with Crippen molar-refractivity contribution in [3.63, 3.8) is 0 Å². The van der Waals surface area contributed by atoms with Gasteiger partial charge in [-0.05, 0) is 42.7 Å². The Balaban J connectivity index is 1.11. The van der Waals surface area contributed by atoms with Gasteiger partial charge in [-0.2, -0.15) is 8.42 Å². The maximum absolute atomic E-state index is 13.5. The summed E-state index contributed by atoms with van der Waals surface area (Å²) < 4.78 is 39.9. The van der Waals surface area contributed by atoms with Gasteiger partial charge in [-0.15, -0.1) is 4.40 Å². The van der Waals surface area contributed by atoms with Gasteiger partial charge in [-0.1, -0.05) is 18.2 Å². The Morgan fingerprint density at radius 1 is 1.00 bits per heavy atom. The fourth-order valence-electron chi connectivity index (χ4n) is 5.21. The molecule has 0 saturated carbocycles. The van der Waals surface area contributed by atoms with E-state index in [0.29, 0.717) is 37.5 Å². The van der Waals surface area contributed by atoms with Gasteiger partial charge < -0.3 is 19.3 Å². The van der Waals surface area contributed by atoms with E-state index in [0.717, 1.165) is 43.1 Å². The van der Waals surface area contributed by atoms with Gasteiger partial charge >= 0.3 is 0 Å². The maximum Gasteiger partial charge on any atom is 0.285 e. The van der Waals surface area contributed by atoms with Gasteiger partial charge in [0.2, 0.25) is 12.7 Å². The number of hydrogen-bond donors (Lipinski definition) is 0. The molecule has 2 aromatic carbocycles. The van der Waals surface area contributed by atoms with Gasteiger partial charge in [-0.25, -0.2) is 0 Å². The molecule has 0 bridgehead atoms. The van der Waals surface area contributed by atoms with Crippen molar-refractivity contribution in [1.82, 2.24) is 14.7 Å². The molecule has 178 valence electrons. The van der Waals surface area contributed by atoms with Crippen LogP contribution in [0.5, 0.6) is 11.5 Å². The number of fused-ring (bicyclic) bond motifs is 2. The molecule has 0 radical (unpaired) electrons. The Labute approximate surface area is 198 Å². The largest absolute Gasteiger partial charge is 0.454 e. The number of carbonyl (C=O) groups excluding carboxylic acids is 1. The lowest BCUT2D eigenvalue weighted by molar-refractivity contribution is -0.136. The second-order valence-corrected chi connectivity index (χ2v) is 10.6. The smallest absolute Gasteiger partial charge is 0.285 e. The molecular formula is C24H26N4O5S. The molecule has 2 saturated heterocycles. The Hall–Kier alpha value is -3.11. The minimum absolute atomic E-state index is 0.0599. The zero-order valence-corrected chi connectivity index (χ0v) is 19.5. The highest BCUT2D eigenvalue weighted by atomic mass is 32.2. The number of hydrogen-bond acceptors (Lipinski definition) is 7. The lowest BCUT2D eigenvalue weighted by Crippen LogP contribution is -2.54. The average Bonchev–Trinajstić information content (AvgIpc) is 3.57. The third kappa shape index (κ3) is 3.70. The standard InChI is InChI=1S/C24H26N4O5S/c29-24(19-5-3-9-28(19)23-18-4-1-2-6-22(18)34(30,31)25-23)27-12-10-26(11-13-27)15-17-7-8-20-21(14-17)33-16-32-20/h1-2,4,6-8,14,19H,3,5,9-13,15-16H2/t19-/m0/s1. The van der Waals surface area contributed by atoms with Crippen LogP contribution < -0.4 is 9.47 Å². The Morgan fingerprint density at radius 2 is 1.79 bits per heavy atom. The monoisotopic (exact) mass is 482 g/mol. The van der Waals surface area contributed by atoms with Crippen molar-refractivity contribution in [3.8, 4) is 11.5 Å². The van der Waals surface area contributed by atoms with E-state index >= 15 is 0 Å². The highest BCUT2D eigenvalue weighted by Crippen LogP contribution is 2.33. The first-order valence-electron chi connectivity index (χ1n) is 11.6. The molecule has 0 unspecified atom stereocenters. The molecule has 4 aliphatic heterocycles. The zero-order valence-electron chi connectivity index (χ0n) is 18.7. The van der Waals surface area contributed by atoms with Gasteiger partial charge in [0.1, 0.15) is 10.9 Å². The van der Waals surface area contributed by atoms with E-state index in [1.165, 1.54) is 0 Å². The first kappa shape index (κ1) is 21.4. The first-order valence-corrected chi connectivity index (χ1v) is 13.0. The van der Waals surface area contributed by atoms with Gasteiger partial charge in [0.25, 0.3) is 10.0 Å². The van der Waals surface area contributed by atoms with Gasteiger partial charge in [0.15, 0.2) is 17.3 Å². The van der Waals surface area contributed by atoms with Crippen LogP contribution in [0.15, 0.2) is 51.8 Å². The second kappa shape index (κ2) is 8.28. The molecular weight excluding hydrogens is 456 g/mol. The van der Waals surface area contributed by atoms with Crippen LogP contribution in [0.4, 0.5) is 0 Å². The number of piperazine rings is 1. The number of ether oxygens (including phenoxy) is 2. The Bertz CT molecular complexity index is 1270. The van der Waals surface area contributed by atoms with Crippen LogP contribution in [0, 0.1) is 0 Å². The summed E-state index contributed by atoms with van der Waals surface area (Å²) in [7, 11) is -3.71. The number of rotatable bonds is 3. The number of amides is 1. The van der Waals surface area contributed by atoms with Crippen LogP contribution in [0.25, 0.3) is 0 Å². The van der Waals surface area contributed by atoms with Crippen LogP contribution in [-0.2, 0) is 21.4 Å². The van der Waals surface area contributed by atoms with Crippen LogP contribution >= 0.6 is 0 Å². The summed E-state index contributed by atoms with van der Waals surface area (Å²) in [6.07, 6.45) is 1.54. The second-order valence-electron chi connectivity index (χ2n) is 9.03. The lowest BCUT2D eigenvalue weighted by atomic mass is 10.1. The molecule has 0 spiro atoms. The van der Waals surface area contributed by atoms with Crippen molar-refractivity contribution in [1.29, 1.82) is 0 Å². The van der Waals surface area contributed by atoms with Crippen LogP contribution in [-0.4, -0.2) is 80.4 Å². The molecule has 1 amide bonds. The van der Waals surface area contributed by atoms with Crippen molar-refractivity contribution in [2.45, 2.75) is 30.3 Å². The Kier molecular flexibility index (Phi) is 5.22. The lowest BCUT2D eigenvalue weighted by Gasteiger charge is -2.37. The number of sulfonamides is 1. The summed E-state index contributed by atoms with van der Waals surface area (Å²) in [5, 5.41) is 0. The van der Waals surface area contributed by atoms with Gasteiger partial charge in [0, 0.05) is 44.8 Å². The molecule has 0 aromatic heterocycles. The molecule has 4 heterocycles. The number of likely N-dealkylation sites (tertiary alicyclic amines) is 1. The van der Waals surface area contributed by atoms with Crippen LogP contribution in [0.1, 0.15) is 24.0 Å². The molecule has 2 aromatic rings. The molecule has 6 rings (SSSR count). The molecule has 0 aliphatic carbocycles. The van der Waals surface area contributed by atoms with E-state index in [9.17, 15) is 13.2 Å². The number of nitrogens with zero attached hydrogens (tertiary/aromatic N) is 4. The Morgan fingerprint density at radius 3 is 2.65 bits per heavy atom. The third-order valence-corrected chi connectivity index (χ3v) is 8.27. The molecule has 10 heteroatoms. The minimum atomic E-state index is -3.71. The predicted molar refractivity (Wildman–Crippen MR) is 124 cm³/mol. The quantitative estimate of drug-likeness (QED) is 0.657. The summed E-state index contributed by atoms with van der Waals surface area (Å²) in [6.45, 7) is 4.55. The van der Waals surface area contributed by atoms with Crippen LogP contribution in [0.2, 0.25) is 0 Å². The van der Waals surface area contributed by atoms with E-state index in [1.807, 2.05) is 28.0 Å². The van der Waals surface area contributed by atoms with Crippen LogP contribution in [0.3, 0.4) is 0 Å². The maximum atomic E-state index is 13.5. The topological polar surface area (TPSA) is 91.8 Å². The van der Waals surface area contributed by atoms with Gasteiger partial charge in [-0.3, -0.25) is 9.69 Å². The van der Waals surface area contributed by atoms with Crippen molar-refractivity contribution >= 4 is 21.8 Å². The zero-order chi connectivity index (χ0) is 23.3. The summed E-state index contributed by atoms with van der Waals surface area (Å²) in [4.78, 5) is 19.8. The molecule has 34 heavy (non-hydrogen) atoms. The summed E-state index contributed by atoms with van der Waals surface area (Å²) in [5.41, 5.74) is 1.75. The number of carbonyl (C=O) groups is 1. The van der Waals surface area contributed by atoms with E-state index in [2.05, 4.69) is 15.4 Å². The fraction of sp³-hybridized carbons (Fsp3) is 0.417. The van der Waals surface area contributed by atoms with E-state index in [-0.39, 0.29) is 23.6 Å². The van der Waals surface area contributed by atoms with E-state index in [1.54, 1.807) is 18.2 Å². The van der Waals surface area contributed by atoms with Crippen molar-refractivity contribution in [2.24, 2.45) is 4.40 Å². The minimum Gasteiger partial charge on any atom is -0.454 e. The average molecular weight is 483 g/mol. The molecule has 1 atom stereocenters. The number of benzene rings is 2. The van der Waals surface area contributed by atoms with E-state index < -0.39 is 10.0 Å². The predicted octanol–water partition coefficient (Wildman–Crippen LogP) is 1.67. The molecule has 0 N–H and O–H groups in total. The van der Waals surface area contributed by atoms with Crippen molar-refractivity contribution in [2.75, 3.05) is 39.5 Å². The SMILES string of the molecule is O=C([C@@H]1CCCN1C1=NS(=O)(=O)c2ccccc21)N1CCN(Cc2ccc3c(c2)OCO3)CC1. The highest BCUT2D eigenvalue weighted by Gasteiger charge is 2.41. The molecule has 4 aliphatic rings. The van der Waals surface area contributed by atoms with Gasteiger partial charge in [0.05, 0.1) is 0 Å². The van der Waals surface area contributed by atoms with Crippen molar-refractivity contribution in [3.05, 3.63) is 53.6 Å². The van der Waals surface area contributed by atoms with Crippen molar-refractivity contribution < 1.29 is 22.7 Å².